The minimum atomic E-state index is -0.318. The van der Waals surface area contributed by atoms with Gasteiger partial charge in [-0.1, -0.05) is 24.3 Å². The fourth-order valence-electron chi connectivity index (χ4n) is 2.88. The van der Waals surface area contributed by atoms with Gasteiger partial charge in [-0.25, -0.2) is 9.18 Å². The van der Waals surface area contributed by atoms with Crippen LogP contribution in [-0.4, -0.2) is 42.3 Å². The van der Waals surface area contributed by atoms with Crippen LogP contribution in [0.25, 0.3) is 0 Å². The molecule has 1 fully saturated rings. The van der Waals surface area contributed by atoms with Gasteiger partial charge in [0.15, 0.2) is 0 Å². The molecule has 2 aromatic carbocycles. The van der Waals surface area contributed by atoms with E-state index >= 15 is 0 Å². The van der Waals surface area contributed by atoms with Gasteiger partial charge in [0.05, 0.1) is 13.2 Å². The monoisotopic (exact) mass is 344 g/mol. The first-order valence-electron chi connectivity index (χ1n) is 8.29. The van der Waals surface area contributed by atoms with Crippen molar-refractivity contribution in [2.24, 2.45) is 0 Å². The van der Waals surface area contributed by atoms with Crippen LogP contribution in [0, 0.1) is 5.82 Å². The molecule has 0 radical (unpaired) electrons. The number of carbonyl (C=O) groups excluding carboxylic acids is 1. The Kier molecular flexibility index (Phi) is 5.50. The molecule has 0 aromatic heterocycles. The average Bonchev–Trinajstić information content (AvgIpc) is 2.62. The Hall–Kier alpha value is -2.60. The van der Waals surface area contributed by atoms with Gasteiger partial charge in [-0.3, -0.25) is 0 Å². The lowest BCUT2D eigenvalue weighted by Gasteiger charge is -2.33. The van der Waals surface area contributed by atoms with Crippen molar-refractivity contribution in [3.05, 3.63) is 65.5 Å². The first-order valence-corrected chi connectivity index (χ1v) is 8.29. The van der Waals surface area contributed by atoms with Gasteiger partial charge in [-0.15, -0.1) is 0 Å². The van der Waals surface area contributed by atoms with Gasteiger partial charge in [0, 0.05) is 13.1 Å². The molecule has 1 atom stereocenters. The highest BCUT2D eigenvalue weighted by Gasteiger charge is 2.25. The number of halogens is 1. The molecule has 2 aromatic rings. The number of hydrogen-bond acceptors (Lipinski definition) is 3. The predicted octanol–water partition coefficient (Wildman–Crippen LogP) is 2.86. The molecular weight excluding hydrogens is 323 g/mol. The molecule has 2 amide bonds. The summed E-state index contributed by atoms with van der Waals surface area (Å²) < 4.78 is 19.0. The second-order valence-corrected chi connectivity index (χ2v) is 6.01. The Labute approximate surface area is 146 Å². The van der Waals surface area contributed by atoms with Crippen molar-refractivity contribution >= 4 is 6.03 Å². The zero-order valence-electron chi connectivity index (χ0n) is 13.8. The predicted molar refractivity (Wildman–Crippen MR) is 91.9 cm³/mol. The number of nitrogens with zero attached hydrogens (tertiary/aromatic N) is 1. The third kappa shape index (κ3) is 4.70. The zero-order chi connectivity index (χ0) is 17.6. The fraction of sp³-hybridized carbons (Fsp3) is 0.316. The van der Waals surface area contributed by atoms with Gasteiger partial charge in [-0.05, 0) is 41.8 Å². The van der Waals surface area contributed by atoms with E-state index in [9.17, 15) is 14.3 Å². The molecule has 0 bridgehead atoms. The van der Waals surface area contributed by atoms with Crippen LogP contribution >= 0.6 is 0 Å². The number of rotatable bonds is 4. The van der Waals surface area contributed by atoms with Crippen LogP contribution in [0.1, 0.15) is 17.2 Å². The van der Waals surface area contributed by atoms with Crippen molar-refractivity contribution < 1.29 is 19.0 Å². The first-order chi connectivity index (χ1) is 12.1. The van der Waals surface area contributed by atoms with Crippen LogP contribution in [0.15, 0.2) is 48.5 Å². The van der Waals surface area contributed by atoms with Gasteiger partial charge < -0.3 is 20.1 Å². The smallest absolute Gasteiger partial charge is 0.317 e. The van der Waals surface area contributed by atoms with E-state index in [0.29, 0.717) is 32.7 Å². The second kappa shape index (κ2) is 7.98. The largest absolute Gasteiger partial charge is 0.508 e. The number of ether oxygens (including phenoxy) is 1. The SMILES string of the molecule is O=C(NCCc1cccc(O)c1)N1CCO[C@H](c2cccc(F)c2)C1. The highest BCUT2D eigenvalue weighted by Crippen LogP contribution is 2.22. The Morgan fingerprint density at radius 2 is 2.12 bits per heavy atom. The Morgan fingerprint density at radius 3 is 2.92 bits per heavy atom. The highest BCUT2D eigenvalue weighted by atomic mass is 19.1. The van der Waals surface area contributed by atoms with E-state index in [2.05, 4.69) is 5.32 Å². The van der Waals surface area contributed by atoms with Gasteiger partial charge in [0.1, 0.15) is 17.7 Å². The number of aromatic hydroxyl groups is 1. The van der Waals surface area contributed by atoms with E-state index in [4.69, 9.17) is 4.74 Å². The molecule has 0 unspecified atom stereocenters. The Bertz CT molecular complexity index is 738. The van der Waals surface area contributed by atoms with Crippen molar-refractivity contribution in [3.8, 4) is 5.75 Å². The normalized spacial score (nSPS) is 17.3. The molecule has 1 heterocycles. The minimum Gasteiger partial charge on any atom is -0.508 e. The molecule has 1 saturated heterocycles. The van der Waals surface area contributed by atoms with E-state index in [-0.39, 0.29) is 23.7 Å². The van der Waals surface area contributed by atoms with Crippen molar-refractivity contribution in [3.63, 3.8) is 0 Å². The number of urea groups is 1. The lowest BCUT2D eigenvalue weighted by Crippen LogP contribution is -2.47. The molecule has 0 spiro atoms. The molecule has 0 saturated carbocycles. The van der Waals surface area contributed by atoms with Crippen LogP contribution in [0.5, 0.6) is 5.75 Å². The molecule has 132 valence electrons. The number of carbonyl (C=O) groups is 1. The number of phenolic OH excluding ortho intramolecular Hbond substituents is 1. The molecular formula is C19H21FN2O3. The Balaban J connectivity index is 1.51. The molecule has 5 nitrogen and oxygen atoms in total. The topological polar surface area (TPSA) is 61.8 Å². The van der Waals surface area contributed by atoms with Crippen molar-refractivity contribution in [1.29, 1.82) is 0 Å². The summed E-state index contributed by atoms with van der Waals surface area (Å²) in [6, 6.07) is 13.1. The average molecular weight is 344 g/mol. The second-order valence-electron chi connectivity index (χ2n) is 6.01. The molecule has 6 heteroatoms. The summed E-state index contributed by atoms with van der Waals surface area (Å²) >= 11 is 0. The van der Waals surface area contributed by atoms with Crippen molar-refractivity contribution in [2.75, 3.05) is 26.2 Å². The van der Waals surface area contributed by atoms with E-state index in [1.54, 1.807) is 35.2 Å². The summed E-state index contributed by atoms with van der Waals surface area (Å²) in [5, 5.41) is 12.3. The third-order valence-electron chi connectivity index (χ3n) is 4.17. The van der Waals surface area contributed by atoms with Gasteiger partial charge >= 0.3 is 6.03 Å². The molecule has 3 rings (SSSR count). The number of hydrogen-bond donors (Lipinski definition) is 2. The van der Waals surface area contributed by atoms with E-state index in [1.807, 2.05) is 6.07 Å². The maximum absolute atomic E-state index is 13.4. The molecule has 1 aliphatic heterocycles. The van der Waals surface area contributed by atoms with Gasteiger partial charge in [-0.2, -0.15) is 0 Å². The Morgan fingerprint density at radius 1 is 1.28 bits per heavy atom. The maximum Gasteiger partial charge on any atom is 0.317 e. The summed E-state index contributed by atoms with van der Waals surface area (Å²) in [5.74, 6) is -0.0938. The number of phenols is 1. The summed E-state index contributed by atoms with van der Waals surface area (Å²) in [6.07, 6.45) is 0.318. The molecule has 25 heavy (non-hydrogen) atoms. The number of amides is 2. The molecule has 2 N–H and O–H groups in total. The fourth-order valence-corrected chi connectivity index (χ4v) is 2.88. The third-order valence-corrected chi connectivity index (χ3v) is 4.17. The minimum absolute atomic E-state index is 0.162. The van der Waals surface area contributed by atoms with Crippen LogP contribution in [0.4, 0.5) is 9.18 Å². The van der Waals surface area contributed by atoms with Crippen LogP contribution in [0.3, 0.4) is 0 Å². The number of nitrogens with one attached hydrogen (secondary N) is 1. The van der Waals surface area contributed by atoms with Gasteiger partial charge in [0.2, 0.25) is 0 Å². The zero-order valence-corrected chi connectivity index (χ0v) is 13.8. The van der Waals surface area contributed by atoms with E-state index in [0.717, 1.165) is 11.1 Å². The summed E-state index contributed by atoms with van der Waals surface area (Å²) in [7, 11) is 0. The maximum atomic E-state index is 13.4. The standard InChI is InChI=1S/C19H21FN2O3/c20-16-5-2-4-15(12-16)18-13-22(9-10-25-18)19(24)21-8-7-14-3-1-6-17(23)11-14/h1-6,11-12,18,23H,7-10,13H2,(H,21,24)/t18-/m0/s1. The highest BCUT2D eigenvalue weighted by molar-refractivity contribution is 5.74. The van der Waals surface area contributed by atoms with Crippen molar-refractivity contribution in [2.45, 2.75) is 12.5 Å². The van der Waals surface area contributed by atoms with E-state index in [1.165, 1.54) is 12.1 Å². The summed E-state index contributed by atoms with van der Waals surface area (Å²) in [6.45, 7) is 1.79. The lowest BCUT2D eigenvalue weighted by molar-refractivity contribution is -0.0155. The lowest BCUT2D eigenvalue weighted by atomic mass is 10.1. The van der Waals surface area contributed by atoms with Crippen molar-refractivity contribution in [1.82, 2.24) is 10.2 Å². The van der Waals surface area contributed by atoms with E-state index < -0.39 is 0 Å². The van der Waals surface area contributed by atoms with Gasteiger partial charge in [0.25, 0.3) is 0 Å². The van der Waals surface area contributed by atoms with Crippen LogP contribution in [-0.2, 0) is 11.2 Å². The molecule has 0 aliphatic carbocycles. The summed E-state index contributed by atoms with van der Waals surface area (Å²) in [5.41, 5.74) is 1.69. The number of benzene rings is 2. The molecule has 1 aliphatic rings. The summed E-state index contributed by atoms with van der Waals surface area (Å²) in [4.78, 5) is 14.0. The number of morpholine rings is 1. The van der Waals surface area contributed by atoms with Crippen LogP contribution in [0.2, 0.25) is 0 Å². The first kappa shape index (κ1) is 17.2. The quantitative estimate of drug-likeness (QED) is 0.897. The van der Waals surface area contributed by atoms with Crippen LogP contribution < -0.4 is 5.32 Å².